The molecule has 1 aliphatic rings. The number of nitrogens with zero attached hydrogens (tertiary/aromatic N) is 1. The lowest BCUT2D eigenvalue weighted by molar-refractivity contribution is -0.147. The van der Waals surface area contributed by atoms with Crippen LogP contribution < -0.4 is 5.32 Å². The summed E-state index contributed by atoms with van der Waals surface area (Å²) in [6.45, 7) is 5.88. The molecule has 1 N–H and O–H groups in total. The molecule has 0 aliphatic carbocycles. The number of hydrogen-bond donors (Lipinski definition) is 1. The molecule has 1 aliphatic heterocycles. The molecule has 0 bridgehead atoms. The minimum Gasteiger partial charge on any atom is -0.355 e. The lowest BCUT2D eigenvalue weighted by Crippen LogP contribution is -2.52. The molecule has 3 amide bonds. The van der Waals surface area contributed by atoms with Gasteiger partial charge in [0.15, 0.2) is 0 Å². The fourth-order valence-corrected chi connectivity index (χ4v) is 1.68. The molecule has 16 heavy (non-hydrogen) atoms. The van der Waals surface area contributed by atoms with Gasteiger partial charge in [-0.3, -0.25) is 19.3 Å². The third-order valence-corrected chi connectivity index (χ3v) is 2.37. The van der Waals surface area contributed by atoms with Crippen molar-refractivity contribution in [2.45, 2.75) is 26.8 Å². The Labute approximate surface area is 94.5 Å². The van der Waals surface area contributed by atoms with Gasteiger partial charge in [0.25, 0.3) is 11.8 Å². The van der Waals surface area contributed by atoms with Crippen LogP contribution in [0, 0.1) is 5.92 Å². The Kier molecular flexibility index (Phi) is 3.82. The van der Waals surface area contributed by atoms with E-state index in [1.165, 1.54) is 12.2 Å². The van der Waals surface area contributed by atoms with Crippen LogP contribution in [-0.4, -0.2) is 35.2 Å². The summed E-state index contributed by atoms with van der Waals surface area (Å²) in [6.07, 6.45) is 2.38. The molecule has 0 radical (unpaired) electrons. The summed E-state index contributed by atoms with van der Waals surface area (Å²) >= 11 is 0. The van der Waals surface area contributed by atoms with Gasteiger partial charge < -0.3 is 5.32 Å². The molecule has 1 rings (SSSR count). The number of hydrogen-bond acceptors (Lipinski definition) is 3. The van der Waals surface area contributed by atoms with Gasteiger partial charge in [-0.1, -0.05) is 13.8 Å². The molecule has 1 atom stereocenters. The van der Waals surface area contributed by atoms with Crippen molar-refractivity contribution in [2.24, 2.45) is 5.92 Å². The monoisotopic (exact) mass is 224 g/mol. The van der Waals surface area contributed by atoms with Crippen LogP contribution in [0.2, 0.25) is 0 Å². The van der Waals surface area contributed by atoms with E-state index in [1.807, 2.05) is 0 Å². The van der Waals surface area contributed by atoms with Gasteiger partial charge in [0.05, 0.1) is 0 Å². The smallest absolute Gasteiger partial charge is 0.254 e. The molecule has 0 saturated carbocycles. The predicted octanol–water partition coefficient (Wildman–Crippen LogP) is 0.0721. The Morgan fingerprint density at radius 3 is 2.19 bits per heavy atom. The van der Waals surface area contributed by atoms with Gasteiger partial charge in [0.2, 0.25) is 5.91 Å². The van der Waals surface area contributed by atoms with Crippen LogP contribution in [0.1, 0.15) is 20.8 Å². The van der Waals surface area contributed by atoms with Crippen LogP contribution in [0.4, 0.5) is 0 Å². The second kappa shape index (κ2) is 4.92. The summed E-state index contributed by atoms with van der Waals surface area (Å²) in [5.41, 5.74) is 0. The number of carbonyl (C=O) groups is 3. The minimum absolute atomic E-state index is 0.112. The van der Waals surface area contributed by atoms with Crippen molar-refractivity contribution in [2.75, 3.05) is 6.54 Å². The highest BCUT2D eigenvalue weighted by Gasteiger charge is 2.37. The van der Waals surface area contributed by atoms with Gasteiger partial charge in [-0.15, -0.1) is 0 Å². The topological polar surface area (TPSA) is 66.5 Å². The van der Waals surface area contributed by atoms with Crippen molar-refractivity contribution in [1.29, 1.82) is 0 Å². The van der Waals surface area contributed by atoms with Crippen LogP contribution in [0.25, 0.3) is 0 Å². The van der Waals surface area contributed by atoms with Crippen molar-refractivity contribution in [3.05, 3.63) is 12.2 Å². The number of likely N-dealkylation sites (N-methyl/N-ethyl adjacent to an activating group) is 1. The van der Waals surface area contributed by atoms with Crippen molar-refractivity contribution < 1.29 is 14.4 Å². The molecule has 5 nitrogen and oxygen atoms in total. The summed E-state index contributed by atoms with van der Waals surface area (Å²) in [5, 5.41) is 2.63. The van der Waals surface area contributed by atoms with E-state index in [0.29, 0.717) is 6.54 Å². The predicted molar refractivity (Wildman–Crippen MR) is 58.3 cm³/mol. The van der Waals surface area contributed by atoms with Crippen LogP contribution in [0.3, 0.4) is 0 Å². The Hall–Kier alpha value is -1.65. The zero-order valence-electron chi connectivity index (χ0n) is 9.69. The van der Waals surface area contributed by atoms with Crippen molar-refractivity contribution in [1.82, 2.24) is 10.2 Å². The zero-order chi connectivity index (χ0) is 12.3. The van der Waals surface area contributed by atoms with Gasteiger partial charge in [-0.25, -0.2) is 0 Å². The van der Waals surface area contributed by atoms with E-state index < -0.39 is 17.9 Å². The Morgan fingerprint density at radius 1 is 1.31 bits per heavy atom. The first-order valence-electron chi connectivity index (χ1n) is 5.32. The average Bonchev–Trinajstić information content (AvgIpc) is 2.50. The first kappa shape index (κ1) is 12.4. The molecule has 0 aromatic rings. The fraction of sp³-hybridized carbons (Fsp3) is 0.545. The SMILES string of the molecule is CCNC(=O)[C@H](C(C)C)N1C(=O)C=CC1=O. The number of carbonyl (C=O) groups excluding carboxylic acids is 3. The van der Waals surface area contributed by atoms with E-state index in [4.69, 9.17) is 0 Å². The first-order valence-corrected chi connectivity index (χ1v) is 5.32. The molecule has 0 spiro atoms. The highest BCUT2D eigenvalue weighted by Crippen LogP contribution is 2.16. The maximum atomic E-state index is 11.8. The van der Waals surface area contributed by atoms with E-state index in [-0.39, 0.29) is 11.8 Å². The standard InChI is InChI=1S/C11H16N2O3/c1-4-12-11(16)10(7(2)3)13-8(14)5-6-9(13)15/h5-7,10H,4H2,1-3H3,(H,12,16)/t10-/m0/s1. The average molecular weight is 224 g/mol. The second-order valence-corrected chi connectivity index (χ2v) is 3.96. The number of nitrogens with one attached hydrogen (secondary N) is 1. The van der Waals surface area contributed by atoms with Crippen molar-refractivity contribution in [3.63, 3.8) is 0 Å². The summed E-state index contributed by atoms with van der Waals surface area (Å²) < 4.78 is 0. The molecular weight excluding hydrogens is 208 g/mol. The van der Waals surface area contributed by atoms with Gasteiger partial charge >= 0.3 is 0 Å². The molecule has 0 fully saturated rings. The molecule has 5 heteroatoms. The number of amides is 3. The highest BCUT2D eigenvalue weighted by atomic mass is 16.2. The Morgan fingerprint density at radius 2 is 1.81 bits per heavy atom. The van der Waals surface area contributed by atoms with E-state index in [9.17, 15) is 14.4 Å². The molecule has 0 aromatic carbocycles. The fourth-order valence-electron chi connectivity index (χ4n) is 1.68. The molecule has 0 unspecified atom stereocenters. The van der Waals surface area contributed by atoms with Crippen LogP contribution >= 0.6 is 0 Å². The first-order chi connectivity index (χ1) is 7.49. The third kappa shape index (κ3) is 2.29. The van der Waals surface area contributed by atoms with E-state index in [0.717, 1.165) is 4.90 Å². The quantitative estimate of drug-likeness (QED) is 0.687. The molecule has 0 aromatic heterocycles. The van der Waals surface area contributed by atoms with Crippen molar-refractivity contribution in [3.8, 4) is 0 Å². The minimum atomic E-state index is -0.727. The van der Waals surface area contributed by atoms with Gasteiger partial charge in [0.1, 0.15) is 6.04 Å². The molecule has 88 valence electrons. The van der Waals surface area contributed by atoms with Crippen LogP contribution in [-0.2, 0) is 14.4 Å². The summed E-state index contributed by atoms with van der Waals surface area (Å²) in [7, 11) is 0. The number of rotatable bonds is 4. The van der Waals surface area contributed by atoms with Gasteiger partial charge in [-0.2, -0.15) is 0 Å². The lowest BCUT2D eigenvalue weighted by atomic mass is 10.0. The van der Waals surface area contributed by atoms with Gasteiger partial charge in [-0.05, 0) is 12.8 Å². The van der Waals surface area contributed by atoms with Crippen molar-refractivity contribution >= 4 is 17.7 Å². The van der Waals surface area contributed by atoms with Crippen LogP contribution in [0.5, 0.6) is 0 Å². The number of imide groups is 1. The normalized spacial score (nSPS) is 17.1. The summed E-state index contributed by atoms with van der Waals surface area (Å²) in [6, 6.07) is -0.727. The third-order valence-electron chi connectivity index (χ3n) is 2.37. The maximum absolute atomic E-state index is 11.8. The lowest BCUT2D eigenvalue weighted by Gasteiger charge is -2.28. The Bertz CT molecular complexity index is 329. The molecule has 1 heterocycles. The maximum Gasteiger partial charge on any atom is 0.254 e. The van der Waals surface area contributed by atoms with Crippen LogP contribution in [0.15, 0.2) is 12.2 Å². The van der Waals surface area contributed by atoms with E-state index in [2.05, 4.69) is 5.32 Å². The summed E-state index contributed by atoms with van der Waals surface area (Å²) in [5.74, 6) is -1.24. The van der Waals surface area contributed by atoms with E-state index in [1.54, 1.807) is 20.8 Å². The zero-order valence-corrected chi connectivity index (χ0v) is 9.69. The second-order valence-electron chi connectivity index (χ2n) is 3.96. The van der Waals surface area contributed by atoms with Gasteiger partial charge in [0, 0.05) is 18.7 Å². The summed E-state index contributed by atoms with van der Waals surface area (Å²) in [4.78, 5) is 35.7. The highest BCUT2D eigenvalue weighted by molar-refractivity contribution is 6.15. The van der Waals surface area contributed by atoms with E-state index >= 15 is 0 Å². The Balaban J connectivity index is 2.90. The molecular formula is C11H16N2O3. The largest absolute Gasteiger partial charge is 0.355 e. The molecule has 0 saturated heterocycles.